The molecule has 0 bridgehead atoms. The molecule has 0 spiro atoms. The number of nitrogens with one attached hydrogen (secondary N) is 1. The zero-order valence-corrected chi connectivity index (χ0v) is 10.0. The maximum absolute atomic E-state index is 13.4. The average Bonchev–Trinajstić information content (AvgIpc) is 2.36. The molecule has 0 saturated heterocycles. The van der Waals surface area contributed by atoms with Crippen LogP contribution in [0.25, 0.3) is 0 Å². The molecule has 1 aromatic rings. The van der Waals surface area contributed by atoms with Crippen molar-refractivity contribution in [1.29, 1.82) is 0 Å². The summed E-state index contributed by atoms with van der Waals surface area (Å²) in [6.45, 7) is 1.66. The van der Waals surface area contributed by atoms with Gasteiger partial charge in [0.2, 0.25) is 0 Å². The number of methoxy groups -OCH3 is 1. The molecule has 0 amide bonds. The van der Waals surface area contributed by atoms with Crippen LogP contribution >= 0.6 is 0 Å². The van der Waals surface area contributed by atoms with E-state index in [4.69, 9.17) is 14.9 Å². The number of ether oxygens (including phenoxy) is 1. The Kier molecular flexibility index (Phi) is 4.86. The lowest BCUT2D eigenvalue weighted by Gasteiger charge is -2.26. The van der Waals surface area contributed by atoms with Gasteiger partial charge in [-0.2, -0.15) is 0 Å². The van der Waals surface area contributed by atoms with E-state index < -0.39 is 11.4 Å². The molecule has 96 valence electrons. The van der Waals surface area contributed by atoms with Crippen LogP contribution in [-0.2, 0) is 6.54 Å². The third-order valence-corrected chi connectivity index (χ3v) is 2.63. The molecule has 0 fully saturated rings. The predicted molar refractivity (Wildman–Crippen MR) is 62.4 cm³/mol. The Morgan fingerprint density at radius 2 is 2.00 bits per heavy atom. The summed E-state index contributed by atoms with van der Waals surface area (Å²) in [6.07, 6.45) is 0. The van der Waals surface area contributed by atoms with Gasteiger partial charge in [-0.1, -0.05) is 6.07 Å². The zero-order chi connectivity index (χ0) is 12.9. The van der Waals surface area contributed by atoms with Crippen LogP contribution in [0.15, 0.2) is 18.2 Å². The summed E-state index contributed by atoms with van der Waals surface area (Å²) in [7, 11) is 1.41. The van der Waals surface area contributed by atoms with Gasteiger partial charge in [0, 0.05) is 6.54 Å². The number of halogens is 1. The Labute approximate surface area is 100 Å². The summed E-state index contributed by atoms with van der Waals surface area (Å²) < 4.78 is 18.2. The van der Waals surface area contributed by atoms with Crippen molar-refractivity contribution < 1.29 is 19.3 Å². The van der Waals surface area contributed by atoms with E-state index >= 15 is 0 Å². The van der Waals surface area contributed by atoms with E-state index in [1.807, 2.05) is 0 Å². The van der Waals surface area contributed by atoms with Crippen LogP contribution in [-0.4, -0.2) is 36.1 Å². The molecular weight excluding hydrogens is 225 g/mol. The van der Waals surface area contributed by atoms with E-state index in [0.717, 1.165) is 5.56 Å². The van der Waals surface area contributed by atoms with Crippen LogP contribution in [0, 0.1) is 5.82 Å². The van der Waals surface area contributed by atoms with E-state index in [-0.39, 0.29) is 19.0 Å². The van der Waals surface area contributed by atoms with Crippen LogP contribution in [0.2, 0.25) is 0 Å². The highest BCUT2D eigenvalue weighted by Gasteiger charge is 2.21. The SMILES string of the molecule is COc1ccc(CNC(C)(CO)CO)cc1F. The van der Waals surface area contributed by atoms with Crippen molar-refractivity contribution in [3.63, 3.8) is 0 Å². The maximum atomic E-state index is 13.4. The summed E-state index contributed by atoms with van der Waals surface area (Å²) >= 11 is 0. The first-order valence-corrected chi connectivity index (χ1v) is 5.34. The quantitative estimate of drug-likeness (QED) is 0.687. The summed E-state index contributed by atoms with van der Waals surface area (Å²) in [5.74, 6) is -0.234. The minimum Gasteiger partial charge on any atom is -0.494 e. The smallest absolute Gasteiger partial charge is 0.165 e. The first-order chi connectivity index (χ1) is 8.04. The maximum Gasteiger partial charge on any atom is 0.165 e. The molecule has 1 aromatic carbocycles. The van der Waals surface area contributed by atoms with E-state index in [0.29, 0.717) is 6.54 Å². The molecule has 1 rings (SSSR count). The molecule has 0 aliphatic rings. The molecular formula is C12H18FNO3. The van der Waals surface area contributed by atoms with Crippen molar-refractivity contribution in [1.82, 2.24) is 5.32 Å². The molecule has 0 aliphatic carbocycles. The predicted octanol–water partition coefficient (Wildman–Crippen LogP) is 0.667. The zero-order valence-electron chi connectivity index (χ0n) is 10.0. The van der Waals surface area contributed by atoms with E-state index in [1.165, 1.54) is 13.2 Å². The Morgan fingerprint density at radius 3 is 2.47 bits per heavy atom. The molecule has 0 aliphatic heterocycles. The summed E-state index contributed by atoms with van der Waals surface area (Å²) in [5.41, 5.74) is -0.0485. The van der Waals surface area contributed by atoms with Crippen molar-refractivity contribution in [3.8, 4) is 5.75 Å². The number of benzene rings is 1. The minimum atomic E-state index is -0.767. The summed E-state index contributed by atoms with van der Waals surface area (Å²) in [6, 6.07) is 4.63. The molecule has 0 heterocycles. The highest BCUT2D eigenvalue weighted by atomic mass is 19.1. The monoisotopic (exact) mass is 243 g/mol. The highest BCUT2D eigenvalue weighted by molar-refractivity contribution is 5.29. The fourth-order valence-electron chi connectivity index (χ4n) is 1.30. The Balaban J connectivity index is 2.67. The van der Waals surface area contributed by atoms with Gasteiger partial charge < -0.3 is 20.3 Å². The fourth-order valence-corrected chi connectivity index (χ4v) is 1.30. The van der Waals surface area contributed by atoms with Gasteiger partial charge in [-0.3, -0.25) is 0 Å². The third kappa shape index (κ3) is 3.66. The van der Waals surface area contributed by atoms with Crippen molar-refractivity contribution in [2.24, 2.45) is 0 Å². The first-order valence-electron chi connectivity index (χ1n) is 5.34. The van der Waals surface area contributed by atoms with Gasteiger partial charge >= 0.3 is 0 Å². The first kappa shape index (κ1) is 13.9. The second-order valence-electron chi connectivity index (χ2n) is 4.20. The molecule has 0 unspecified atom stereocenters. The number of hydrogen-bond acceptors (Lipinski definition) is 4. The standard InChI is InChI=1S/C12H18FNO3/c1-12(7-15,8-16)14-6-9-3-4-11(17-2)10(13)5-9/h3-5,14-16H,6-8H2,1-2H3. The number of aliphatic hydroxyl groups is 2. The summed E-state index contributed by atoms with van der Waals surface area (Å²) in [4.78, 5) is 0. The third-order valence-electron chi connectivity index (χ3n) is 2.63. The van der Waals surface area contributed by atoms with Crippen molar-refractivity contribution in [3.05, 3.63) is 29.6 Å². The number of hydrogen-bond donors (Lipinski definition) is 3. The molecule has 0 saturated carbocycles. The minimum absolute atomic E-state index is 0.192. The lowest BCUT2D eigenvalue weighted by Crippen LogP contribution is -2.48. The van der Waals surface area contributed by atoms with Gasteiger partial charge in [0.25, 0.3) is 0 Å². The van der Waals surface area contributed by atoms with Crippen LogP contribution < -0.4 is 10.1 Å². The second-order valence-corrected chi connectivity index (χ2v) is 4.20. The van der Waals surface area contributed by atoms with Crippen molar-refractivity contribution >= 4 is 0 Å². The normalized spacial score (nSPS) is 11.6. The molecule has 5 heteroatoms. The number of aliphatic hydroxyl groups excluding tert-OH is 2. The number of rotatable bonds is 6. The van der Waals surface area contributed by atoms with Crippen molar-refractivity contribution in [2.75, 3.05) is 20.3 Å². The lowest BCUT2D eigenvalue weighted by atomic mass is 10.0. The summed E-state index contributed by atoms with van der Waals surface area (Å²) in [5, 5.41) is 21.1. The van der Waals surface area contributed by atoms with Crippen molar-refractivity contribution in [2.45, 2.75) is 19.0 Å². The van der Waals surface area contributed by atoms with Crippen LogP contribution in [0.4, 0.5) is 4.39 Å². The molecule has 0 atom stereocenters. The van der Waals surface area contributed by atoms with Crippen LogP contribution in [0.1, 0.15) is 12.5 Å². The molecule has 17 heavy (non-hydrogen) atoms. The van der Waals surface area contributed by atoms with E-state index in [1.54, 1.807) is 19.1 Å². The van der Waals surface area contributed by atoms with Gasteiger partial charge in [0.05, 0.1) is 25.9 Å². The molecule has 0 radical (unpaired) electrons. The van der Waals surface area contributed by atoms with Gasteiger partial charge in [-0.25, -0.2) is 4.39 Å². The topological polar surface area (TPSA) is 61.7 Å². The van der Waals surface area contributed by atoms with Gasteiger partial charge in [-0.05, 0) is 24.6 Å². The Morgan fingerprint density at radius 1 is 1.35 bits per heavy atom. The van der Waals surface area contributed by atoms with Crippen LogP contribution in [0.3, 0.4) is 0 Å². The van der Waals surface area contributed by atoms with Gasteiger partial charge in [0.1, 0.15) is 0 Å². The van der Waals surface area contributed by atoms with Gasteiger partial charge in [-0.15, -0.1) is 0 Å². The lowest BCUT2D eigenvalue weighted by molar-refractivity contribution is 0.103. The largest absolute Gasteiger partial charge is 0.494 e. The van der Waals surface area contributed by atoms with Crippen LogP contribution in [0.5, 0.6) is 5.75 Å². The molecule has 4 nitrogen and oxygen atoms in total. The average molecular weight is 243 g/mol. The molecule has 3 N–H and O–H groups in total. The fraction of sp³-hybridized carbons (Fsp3) is 0.500. The highest BCUT2D eigenvalue weighted by Crippen LogP contribution is 2.18. The Hall–Kier alpha value is -1.17. The second kappa shape index (κ2) is 5.95. The Bertz CT molecular complexity index is 367. The van der Waals surface area contributed by atoms with Gasteiger partial charge in [0.15, 0.2) is 11.6 Å². The molecule has 0 aromatic heterocycles. The van der Waals surface area contributed by atoms with E-state index in [2.05, 4.69) is 5.32 Å². The van der Waals surface area contributed by atoms with E-state index in [9.17, 15) is 4.39 Å².